The largest absolute Gasteiger partial charge is 0.507 e. The summed E-state index contributed by atoms with van der Waals surface area (Å²) in [7, 11) is 0. The number of hydrogen-bond donors (Lipinski definition) is 3. The highest BCUT2D eigenvalue weighted by Gasteiger charge is 2.17. The Morgan fingerprint density at radius 2 is 1.16 bits per heavy atom. The highest BCUT2D eigenvalue weighted by atomic mass is 16.3. The highest BCUT2D eigenvalue weighted by Crippen LogP contribution is 2.45. The molecule has 0 aliphatic heterocycles. The minimum Gasteiger partial charge on any atom is -0.507 e. The number of phenolic OH excluding ortho intramolecular Hbond substituents is 2. The SMILES string of the molecule is Oc1ccc2ccccc2c1-c1c(O)ccc2cc(-c3cc4ccccc4[nH]3)ccc12. The third-order valence-electron chi connectivity index (χ3n) is 6.00. The van der Waals surface area contributed by atoms with E-state index in [1.54, 1.807) is 12.1 Å². The van der Waals surface area contributed by atoms with Crippen molar-refractivity contribution >= 4 is 32.4 Å². The standard InChI is InChI=1S/C28H19NO2/c30-25-13-10-17-5-1-3-7-21(17)27(25)28-22-12-9-20(15-18(22)11-14-26(28)31)24-16-19-6-2-4-8-23(19)29-24/h1-16,29-31H. The lowest BCUT2D eigenvalue weighted by atomic mass is 9.91. The van der Waals surface area contributed by atoms with Gasteiger partial charge in [-0.1, -0.05) is 66.7 Å². The van der Waals surface area contributed by atoms with Crippen LogP contribution in [0.5, 0.6) is 11.5 Å². The first kappa shape index (κ1) is 17.6. The van der Waals surface area contributed by atoms with E-state index in [1.807, 2.05) is 54.6 Å². The third-order valence-corrected chi connectivity index (χ3v) is 6.00. The van der Waals surface area contributed by atoms with Gasteiger partial charge >= 0.3 is 0 Å². The van der Waals surface area contributed by atoms with Crippen LogP contribution in [-0.4, -0.2) is 15.2 Å². The Morgan fingerprint density at radius 3 is 1.94 bits per heavy atom. The number of phenols is 2. The molecule has 148 valence electrons. The summed E-state index contributed by atoms with van der Waals surface area (Å²) in [6, 6.07) is 31.7. The molecule has 0 fully saturated rings. The molecule has 6 aromatic rings. The molecule has 0 atom stereocenters. The molecule has 0 aliphatic rings. The number of para-hydroxylation sites is 1. The first-order valence-electron chi connectivity index (χ1n) is 10.2. The van der Waals surface area contributed by atoms with Gasteiger partial charge in [0, 0.05) is 27.7 Å². The molecule has 31 heavy (non-hydrogen) atoms. The molecular formula is C28H19NO2. The van der Waals surface area contributed by atoms with Gasteiger partial charge in [0.05, 0.1) is 0 Å². The first-order chi connectivity index (χ1) is 15.2. The van der Waals surface area contributed by atoms with E-state index in [1.165, 1.54) is 5.39 Å². The van der Waals surface area contributed by atoms with Crippen LogP contribution in [0.25, 0.3) is 54.8 Å². The molecule has 0 saturated heterocycles. The van der Waals surface area contributed by atoms with Crippen molar-refractivity contribution in [3.05, 3.63) is 97.1 Å². The van der Waals surface area contributed by atoms with Crippen LogP contribution in [0.3, 0.4) is 0 Å². The number of hydrogen-bond acceptors (Lipinski definition) is 2. The Bertz CT molecular complexity index is 1580. The molecule has 1 heterocycles. The maximum Gasteiger partial charge on any atom is 0.124 e. The normalized spacial score (nSPS) is 11.5. The van der Waals surface area contributed by atoms with Crippen molar-refractivity contribution in [1.82, 2.24) is 4.98 Å². The first-order valence-corrected chi connectivity index (χ1v) is 10.2. The van der Waals surface area contributed by atoms with Crippen LogP contribution in [0.4, 0.5) is 0 Å². The minimum atomic E-state index is 0.150. The lowest BCUT2D eigenvalue weighted by Crippen LogP contribution is -1.87. The Hall–Kier alpha value is -4.24. The smallest absolute Gasteiger partial charge is 0.124 e. The molecule has 0 unspecified atom stereocenters. The average molecular weight is 401 g/mol. The van der Waals surface area contributed by atoms with Gasteiger partial charge in [0.25, 0.3) is 0 Å². The van der Waals surface area contributed by atoms with E-state index in [0.29, 0.717) is 11.1 Å². The summed E-state index contributed by atoms with van der Waals surface area (Å²) in [6.07, 6.45) is 0. The summed E-state index contributed by atoms with van der Waals surface area (Å²) in [5.41, 5.74) is 4.52. The van der Waals surface area contributed by atoms with Crippen molar-refractivity contribution in [2.75, 3.05) is 0 Å². The van der Waals surface area contributed by atoms with E-state index in [4.69, 9.17) is 0 Å². The van der Waals surface area contributed by atoms with Gasteiger partial charge in [0.1, 0.15) is 11.5 Å². The average Bonchev–Trinajstić information content (AvgIpc) is 3.24. The number of fused-ring (bicyclic) bond motifs is 3. The lowest BCUT2D eigenvalue weighted by Gasteiger charge is -2.14. The van der Waals surface area contributed by atoms with Crippen LogP contribution in [-0.2, 0) is 0 Å². The summed E-state index contributed by atoms with van der Waals surface area (Å²) in [6.45, 7) is 0. The summed E-state index contributed by atoms with van der Waals surface area (Å²) >= 11 is 0. The van der Waals surface area contributed by atoms with Crippen LogP contribution in [0.15, 0.2) is 97.1 Å². The summed E-state index contributed by atoms with van der Waals surface area (Å²) in [5, 5.41) is 26.5. The van der Waals surface area contributed by atoms with Crippen molar-refractivity contribution in [3.8, 4) is 33.9 Å². The van der Waals surface area contributed by atoms with E-state index in [-0.39, 0.29) is 11.5 Å². The zero-order valence-corrected chi connectivity index (χ0v) is 16.6. The molecule has 0 aliphatic carbocycles. The van der Waals surface area contributed by atoms with Crippen molar-refractivity contribution < 1.29 is 10.2 Å². The van der Waals surface area contributed by atoms with Gasteiger partial charge < -0.3 is 15.2 Å². The molecule has 3 heteroatoms. The highest BCUT2D eigenvalue weighted by molar-refractivity contribution is 6.10. The van der Waals surface area contributed by atoms with E-state index >= 15 is 0 Å². The van der Waals surface area contributed by atoms with Crippen LogP contribution in [0, 0.1) is 0 Å². The molecule has 0 saturated carbocycles. The van der Waals surface area contributed by atoms with E-state index < -0.39 is 0 Å². The van der Waals surface area contributed by atoms with Crippen molar-refractivity contribution in [2.24, 2.45) is 0 Å². The summed E-state index contributed by atoms with van der Waals surface area (Å²) in [4.78, 5) is 3.48. The van der Waals surface area contributed by atoms with Gasteiger partial charge in [0.2, 0.25) is 0 Å². The summed E-state index contributed by atoms with van der Waals surface area (Å²) < 4.78 is 0. The topological polar surface area (TPSA) is 56.2 Å². The van der Waals surface area contributed by atoms with Crippen LogP contribution in [0.1, 0.15) is 0 Å². The number of aromatic amines is 1. The fourth-order valence-electron chi connectivity index (χ4n) is 4.50. The molecule has 1 aromatic heterocycles. The van der Waals surface area contributed by atoms with Gasteiger partial charge in [-0.2, -0.15) is 0 Å². The second-order valence-electron chi connectivity index (χ2n) is 7.85. The predicted octanol–water partition coefficient (Wildman–Crippen LogP) is 7.22. The predicted molar refractivity (Wildman–Crippen MR) is 128 cm³/mol. The van der Waals surface area contributed by atoms with Crippen molar-refractivity contribution in [3.63, 3.8) is 0 Å². The maximum atomic E-state index is 10.8. The molecule has 0 spiro atoms. The molecule has 0 amide bonds. The van der Waals surface area contributed by atoms with Gasteiger partial charge in [-0.25, -0.2) is 0 Å². The van der Waals surface area contributed by atoms with Crippen LogP contribution >= 0.6 is 0 Å². The fraction of sp³-hybridized carbons (Fsp3) is 0. The summed E-state index contributed by atoms with van der Waals surface area (Å²) in [5.74, 6) is 0.304. The maximum absolute atomic E-state index is 10.8. The molecule has 3 N–H and O–H groups in total. The number of nitrogens with one attached hydrogen (secondary N) is 1. The second kappa shape index (κ2) is 6.64. The van der Waals surface area contributed by atoms with Crippen LogP contribution in [0.2, 0.25) is 0 Å². The molecule has 3 nitrogen and oxygen atoms in total. The van der Waals surface area contributed by atoms with Gasteiger partial charge in [-0.05, 0) is 57.4 Å². The zero-order valence-electron chi connectivity index (χ0n) is 16.6. The van der Waals surface area contributed by atoms with Crippen molar-refractivity contribution in [2.45, 2.75) is 0 Å². The molecule has 0 radical (unpaired) electrons. The Balaban J connectivity index is 1.60. The number of aromatic nitrogens is 1. The zero-order chi connectivity index (χ0) is 20.9. The van der Waals surface area contributed by atoms with Gasteiger partial charge in [0.15, 0.2) is 0 Å². The molecule has 5 aromatic carbocycles. The molecule has 6 rings (SSSR count). The number of aromatic hydroxyl groups is 2. The fourth-order valence-corrected chi connectivity index (χ4v) is 4.50. The number of H-pyrrole nitrogens is 1. The molecule has 0 bridgehead atoms. The van der Waals surface area contributed by atoms with Crippen LogP contribution < -0.4 is 0 Å². The van der Waals surface area contributed by atoms with Crippen molar-refractivity contribution in [1.29, 1.82) is 0 Å². The monoisotopic (exact) mass is 401 g/mol. The Labute approximate surface area is 178 Å². The number of benzene rings is 5. The van der Waals surface area contributed by atoms with Gasteiger partial charge in [-0.15, -0.1) is 0 Å². The van der Waals surface area contributed by atoms with E-state index in [9.17, 15) is 10.2 Å². The Morgan fingerprint density at radius 1 is 0.516 bits per heavy atom. The Kier molecular flexibility index (Phi) is 3.77. The minimum absolute atomic E-state index is 0.150. The van der Waals surface area contributed by atoms with E-state index in [0.717, 1.165) is 38.3 Å². The number of rotatable bonds is 2. The second-order valence-corrected chi connectivity index (χ2v) is 7.85. The quantitative estimate of drug-likeness (QED) is 0.287. The van der Waals surface area contributed by atoms with E-state index in [2.05, 4.69) is 35.3 Å². The lowest BCUT2D eigenvalue weighted by molar-refractivity contribution is 0.470. The molecular weight excluding hydrogens is 382 g/mol. The third kappa shape index (κ3) is 2.75. The van der Waals surface area contributed by atoms with Gasteiger partial charge in [-0.3, -0.25) is 0 Å².